The van der Waals surface area contributed by atoms with Crippen molar-refractivity contribution in [1.29, 1.82) is 0 Å². The van der Waals surface area contributed by atoms with E-state index in [1.165, 1.54) is 4.31 Å². The molecule has 0 saturated carbocycles. The van der Waals surface area contributed by atoms with Crippen LogP contribution < -0.4 is 5.32 Å². The summed E-state index contributed by atoms with van der Waals surface area (Å²) in [4.78, 5) is 26.0. The van der Waals surface area contributed by atoms with Crippen molar-refractivity contribution in [3.8, 4) is 0 Å². The van der Waals surface area contributed by atoms with Crippen molar-refractivity contribution in [1.82, 2.24) is 4.31 Å². The number of carbonyl (C=O) groups is 2. The molecule has 3 aromatic rings. The maximum absolute atomic E-state index is 13.1. The number of nitrogens with zero attached hydrogens (tertiary/aromatic N) is 1. The molecule has 0 aliphatic carbocycles. The Balaban J connectivity index is 1.54. The van der Waals surface area contributed by atoms with Crippen LogP contribution in [0, 0.1) is 5.92 Å². The first kappa shape index (κ1) is 22.7. The van der Waals surface area contributed by atoms with Crippen LogP contribution in [0.15, 0.2) is 70.3 Å². The molecular weight excluding hydrogens is 468 g/mol. The third kappa shape index (κ3) is 4.78. The van der Waals surface area contributed by atoms with E-state index in [-0.39, 0.29) is 22.4 Å². The molecule has 1 N–H and O–H groups in total. The highest BCUT2D eigenvalue weighted by Gasteiger charge is 2.34. The van der Waals surface area contributed by atoms with Crippen molar-refractivity contribution in [2.75, 3.05) is 18.4 Å². The van der Waals surface area contributed by atoms with Gasteiger partial charge in [0, 0.05) is 29.2 Å². The van der Waals surface area contributed by atoms with E-state index in [9.17, 15) is 18.0 Å². The predicted octanol–water partition coefficient (Wildman–Crippen LogP) is 4.67. The van der Waals surface area contributed by atoms with E-state index < -0.39 is 15.9 Å². The number of hydrogen-bond acceptors (Lipinski definition) is 5. The molecule has 1 unspecified atom stereocenters. The largest absolute Gasteiger partial charge is 0.325 e. The summed E-state index contributed by atoms with van der Waals surface area (Å²) in [5.41, 5.74) is 1.14. The van der Waals surface area contributed by atoms with E-state index in [2.05, 4.69) is 5.32 Å². The van der Waals surface area contributed by atoms with Crippen LogP contribution in [0.4, 0.5) is 5.69 Å². The van der Waals surface area contributed by atoms with Crippen LogP contribution in [0.25, 0.3) is 0 Å². The van der Waals surface area contributed by atoms with Gasteiger partial charge in [-0.05, 0) is 42.5 Å². The molecule has 0 bridgehead atoms. The number of carbonyl (C=O) groups excluding carboxylic acids is 2. The van der Waals surface area contributed by atoms with E-state index >= 15 is 0 Å². The van der Waals surface area contributed by atoms with Gasteiger partial charge in [0.1, 0.15) is 4.21 Å². The molecule has 1 aliphatic heterocycles. The number of thiophene rings is 1. The molecule has 4 rings (SSSR count). The van der Waals surface area contributed by atoms with Crippen LogP contribution in [-0.2, 0) is 14.8 Å². The Morgan fingerprint density at radius 3 is 2.56 bits per heavy atom. The standard InChI is InChI=1S/C23H21ClN2O4S2/c24-18-10-11-19(22(27)16-6-2-1-3-7-16)20(14-18)25-23(28)17-8-4-12-26(15-17)32(29,30)21-9-5-13-31-21/h1-3,5-7,9-11,13-14,17H,4,8,12,15H2,(H,25,28). The van der Waals surface area contributed by atoms with Gasteiger partial charge in [0.25, 0.3) is 10.0 Å². The van der Waals surface area contributed by atoms with Crippen LogP contribution in [0.3, 0.4) is 0 Å². The summed E-state index contributed by atoms with van der Waals surface area (Å²) in [6.07, 6.45) is 1.14. The van der Waals surface area contributed by atoms with Crippen LogP contribution in [0.2, 0.25) is 5.02 Å². The lowest BCUT2D eigenvalue weighted by atomic mass is 9.97. The lowest BCUT2D eigenvalue weighted by molar-refractivity contribution is -0.120. The van der Waals surface area contributed by atoms with Crippen molar-refractivity contribution < 1.29 is 18.0 Å². The first-order valence-electron chi connectivity index (χ1n) is 10.1. The number of rotatable bonds is 6. The van der Waals surface area contributed by atoms with Crippen molar-refractivity contribution in [3.05, 3.63) is 82.2 Å². The third-order valence-corrected chi connectivity index (χ3v) is 8.84. The minimum Gasteiger partial charge on any atom is -0.325 e. The molecule has 2 heterocycles. The zero-order chi connectivity index (χ0) is 22.7. The first-order chi connectivity index (χ1) is 15.4. The molecule has 1 fully saturated rings. The Kier molecular flexibility index (Phi) is 6.76. The summed E-state index contributed by atoms with van der Waals surface area (Å²) in [6.45, 7) is 0.466. The average molecular weight is 489 g/mol. The van der Waals surface area contributed by atoms with Gasteiger partial charge in [-0.3, -0.25) is 9.59 Å². The first-order valence-corrected chi connectivity index (χ1v) is 12.8. The Bertz CT molecular complexity index is 1230. The summed E-state index contributed by atoms with van der Waals surface area (Å²) in [5.74, 6) is -1.10. The number of halogens is 1. The molecule has 1 amide bonds. The molecule has 1 aromatic heterocycles. The van der Waals surface area contributed by atoms with E-state index in [0.717, 1.165) is 11.3 Å². The second-order valence-corrected chi connectivity index (χ2v) is 11.1. The molecule has 166 valence electrons. The van der Waals surface area contributed by atoms with E-state index in [1.54, 1.807) is 60.0 Å². The van der Waals surface area contributed by atoms with Gasteiger partial charge in [0.2, 0.25) is 5.91 Å². The Labute approximate surface area is 195 Å². The van der Waals surface area contributed by atoms with Gasteiger partial charge in [-0.2, -0.15) is 4.31 Å². The second kappa shape index (κ2) is 9.54. The molecule has 9 heteroatoms. The number of piperidine rings is 1. The highest BCUT2D eigenvalue weighted by molar-refractivity contribution is 7.91. The number of anilines is 1. The van der Waals surface area contributed by atoms with Gasteiger partial charge >= 0.3 is 0 Å². The normalized spacial score (nSPS) is 17.1. The molecular formula is C23H21ClN2O4S2. The minimum absolute atomic E-state index is 0.0919. The van der Waals surface area contributed by atoms with Gasteiger partial charge in [-0.25, -0.2) is 8.42 Å². The Hall–Kier alpha value is -2.52. The van der Waals surface area contributed by atoms with Crippen molar-refractivity contribution in [2.24, 2.45) is 5.92 Å². The number of nitrogens with one attached hydrogen (secondary N) is 1. The summed E-state index contributed by atoms with van der Waals surface area (Å²) in [5, 5.41) is 4.91. The number of amides is 1. The molecule has 32 heavy (non-hydrogen) atoms. The van der Waals surface area contributed by atoms with Crippen LogP contribution in [0.1, 0.15) is 28.8 Å². The fraction of sp³-hybridized carbons (Fsp3) is 0.217. The zero-order valence-electron chi connectivity index (χ0n) is 17.0. The molecule has 6 nitrogen and oxygen atoms in total. The molecule has 1 aliphatic rings. The SMILES string of the molecule is O=C(c1ccccc1)c1ccc(Cl)cc1NC(=O)C1CCCN(S(=O)(=O)c2cccs2)C1. The topological polar surface area (TPSA) is 83.6 Å². The zero-order valence-corrected chi connectivity index (χ0v) is 19.4. The van der Waals surface area contributed by atoms with Gasteiger partial charge in [-0.15, -0.1) is 11.3 Å². The number of sulfonamides is 1. The fourth-order valence-electron chi connectivity index (χ4n) is 3.71. The average Bonchev–Trinajstić information content (AvgIpc) is 3.35. The van der Waals surface area contributed by atoms with E-state index in [1.807, 2.05) is 6.07 Å². The van der Waals surface area contributed by atoms with E-state index in [4.69, 9.17) is 11.6 Å². The Morgan fingerprint density at radius 1 is 1.06 bits per heavy atom. The highest BCUT2D eigenvalue weighted by atomic mass is 35.5. The van der Waals surface area contributed by atoms with Crippen LogP contribution in [0.5, 0.6) is 0 Å². The van der Waals surface area contributed by atoms with Crippen molar-refractivity contribution in [3.63, 3.8) is 0 Å². The lowest BCUT2D eigenvalue weighted by Crippen LogP contribution is -2.43. The molecule has 0 radical (unpaired) electrons. The summed E-state index contributed by atoms with van der Waals surface area (Å²) >= 11 is 7.29. The number of ketones is 1. The summed E-state index contributed by atoms with van der Waals surface area (Å²) in [6, 6.07) is 16.8. The molecule has 0 spiro atoms. The fourth-order valence-corrected chi connectivity index (χ4v) is 6.55. The monoisotopic (exact) mass is 488 g/mol. The maximum Gasteiger partial charge on any atom is 0.252 e. The number of hydrogen-bond donors (Lipinski definition) is 1. The lowest BCUT2D eigenvalue weighted by Gasteiger charge is -2.31. The van der Waals surface area contributed by atoms with Crippen molar-refractivity contribution >= 4 is 50.3 Å². The number of benzene rings is 2. The van der Waals surface area contributed by atoms with Crippen molar-refractivity contribution in [2.45, 2.75) is 17.1 Å². The quantitative estimate of drug-likeness (QED) is 0.511. The minimum atomic E-state index is -3.63. The highest BCUT2D eigenvalue weighted by Crippen LogP contribution is 2.29. The van der Waals surface area contributed by atoms with E-state index in [0.29, 0.717) is 41.2 Å². The van der Waals surface area contributed by atoms with Gasteiger partial charge in [0.05, 0.1) is 11.6 Å². The predicted molar refractivity (Wildman–Crippen MR) is 126 cm³/mol. The summed E-state index contributed by atoms with van der Waals surface area (Å²) in [7, 11) is -3.63. The maximum atomic E-state index is 13.1. The Morgan fingerprint density at radius 2 is 1.84 bits per heavy atom. The van der Waals surface area contributed by atoms with Crippen LogP contribution >= 0.6 is 22.9 Å². The third-order valence-electron chi connectivity index (χ3n) is 5.36. The summed E-state index contributed by atoms with van der Waals surface area (Å²) < 4.78 is 27.4. The van der Waals surface area contributed by atoms with Crippen LogP contribution in [-0.4, -0.2) is 37.5 Å². The van der Waals surface area contributed by atoms with Gasteiger partial charge in [-0.1, -0.05) is 48.0 Å². The molecule has 1 saturated heterocycles. The van der Waals surface area contributed by atoms with Gasteiger partial charge < -0.3 is 5.32 Å². The van der Waals surface area contributed by atoms with Gasteiger partial charge in [0.15, 0.2) is 5.78 Å². The smallest absolute Gasteiger partial charge is 0.252 e. The second-order valence-electron chi connectivity index (χ2n) is 7.51. The molecule has 1 atom stereocenters. The molecule has 2 aromatic carbocycles.